The molecule has 0 aliphatic rings. The number of aryl methyl sites for hydroxylation is 2. The Bertz CT molecular complexity index is 1170. The highest BCUT2D eigenvalue weighted by molar-refractivity contribution is 6.05. The number of aromatic nitrogens is 1. The second-order valence-corrected chi connectivity index (χ2v) is 6.49. The fourth-order valence-electron chi connectivity index (χ4n) is 2.85. The molecule has 1 heterocycles. The van der Waals surface area contributed by atoms with Gasteiger partial charge in [-0.1, -0.05) is 35.9 Å². The van der Waals surface area contributed by atoms with Crippen LogP contribution in [0.4, 0.5) is 10.5 Å². The van der Waals surface area contributed by atoms with Gasteiger partial charge in [-0.05, 0) is 31.5 Å². The molecule has 1 aromatic heterocycles. The number of anilines is 1. The van der Waals surface area contributed by atoms with Crippen molar-refractivity contribution in [2.45, 2.75) is 13.8 Å². The van der Waals surface area contributed by atoms with Gasteiger partial charge in [0.2, 0.25) is 5.56 Å². The van der Waals surface area contributed by atoms with Crippen LogP contribution in [0.1, 0.15) is 21.5 Å². The molecule has 2 aromatic carbocycles. The van der Waals surface area contributed by atoms with Crippen LogP contribution in [0.2, 0.25) is 0 Å². The van der Waals surface area contributed by atoms with E-state index in [1.54, 1.807) is 30.3 Å². The number of esters is 1. The maximum absolute atomic E-state index is 12.3. The zero-order valence-electron chi connectivity index (χ0n) is 15.9. The van der Waals surface area contributed by atoms with Crippen LogP contribution in [0.5, 0.6) is 0 Å². The topological polar surface area (TPSA) is 117 Å². The summed E-state index contributed by atoms with van der Waals surface area (Å²) in [5, 5.41) is 5.14. The summed E-state index contributed by atoms with van der Waals surface area (Å²) in [6, 6.07) is 12.6. The SMILES string of the molecule is Cc1ccc(NC(=O)NC(=O)COC(=O)c2cc(=O)[nH]c3ccccc23)c(C)c1. The van der Waals surface area contributed by atoms with E-state index < -0.39 is 30.1 Å². The first kappa shape index (κ1) is 19.8. The van der Waals surface area contributed by atoms with Crippen LogP contribution in [0.25, 0.3) is 10.9 Å². The minimum absolute atomic E-state index is 0.0388. The van der Waals surface area contributed by atoms with Gasteiger partial charge in [0.25, 0.3) is 5.91 Å². The molecule has 8 nitrogen and oxygen atoms in total. The third-order valence-corrected chi connectivity index (χ3v) is 4.19. The van der Waals surface area contributed by atoms with Crippen LogP contribution >= 0.6 is 0 Å². The summed E-state index contributed by atoms with van der Waals surface area (Å²) >= 11 is 0. The van der Waals surface area contributed by atoms with Crippen molar-refractivity contribution in [3.05, 3.63) is 75.6 Å². The minimum atomic E-state index is -0.836. The maximum Gasteiger partial charge on any atom is 0.339 e. The van der Waals surface area contributed by atoms with E-state index in [-0.39, 0.29) is 5.56 Å². The molecule has 0 aliphatic heterocycles. The average molecular weight is 393 g/mol. The van der Waals surface area contributed by atoms with Crippen LogP contribution < -0.4 is 16.2 Å². The number of urea groups is 1. The van der Waals surface area contributed by atoms with Crippen molar-refractivity contribution in [3.8, 4) is 0 Å². The lowest BCUT2D eigenvalue weighted by atomic mass is 10.1. The van der Waals surface area contributed by atoms with E-state index in [4.69, 9.17) is 4.74 Å². The van der Waals surface area contributed by atoms with Gasteiger partial charge >= 0.3 is 12.0 Å². The van der Waals surface area contributed by atoms with Crippen molar-refractivity contribution >= 4 is 34.5 Å². The molecule has 0 atom stereocenters. The highest BCUT2D eigenvalue weighted by Gasteiger charge is 2.16. The van der Waals surface area contributed by atoms with E-state index in [2.05, 4.69) is 15.6 Å². The molecule has 0 saturated heterocycles. The number of imide groups is 1. The Balaban J connectivity index is 1.60. The number of nitrogens with one attached hydrogen (secondary N) is 3. The summed E-state index contributed by atoms with van der Waals surface area (Å²) in [7, 11) is 0. The lowest BCUT2D eigenvalue weighted by molar-refractivity contribution is -0.123. The first-order chi connectivity index (χ1) is 13.8. The van der Waals surface area contributed by atoms with Crippen LogP contribution in [0.15, 0.2) is 53.3 Å². The molecule has 3 amide bonds. The molecule has 0 saturated carbocycles. The van der Waals surface area contributed by atoms with Crippen molar-refractivity contribution in [3.63, 3.8) is 0 Å². The van der Waals surface area contributed by atoms with Crippen molar-refractivity contribution in [1.82, 2.24) is 10.3 Å². The number of fused-ring (bicyclic) bond motifs is 1. The predicted octanol–water partition coefficient (Wildman–Crippen LogP) is 2.65. The number of para-hydroxylation sites is 1. The Morgan fingerprint density at radius 3 is 2.55 bits per heavy atom. The van der Waals surface area contributed by atoms with Gasteiger partial charge in [-0.2, -0.15) is 0 Å². The Hall–Kier alpha value is -3.94. The quantitative estimate of drug-likeness (QED) is 0.589. The molecule has 0 unspecified atom stereocenters. The Labute approximate surface area is 165 Å². The van der Waals surface area contributed by atoms with Crippen molar-refractivity contribution in [1.29, 1.82) is 0 Å². The molecule has 0 spiro atoms. The molecule has 29 heavy (non-hydrogen) atoms. The summed E-state index contributed by atoms with van der Waals surface area (Å²) in [5.74, 6) is -1.63. The van der Waals surface area contributed by atoms with Gasteiger partial charge in [-0.3, -0.25) is 14.9 Å². The summed E-state index contributed by atoms with van der Waals surface area (Å²) in [4.78, 5) is 50.5. The van der Waals surface area contributed by atoms with Gasteiger partial charge in [0.05, 0.1) is 5.56 Å². The van der Waals surface area contributed by atoms with Crippen LogP contribution in [-0.2, 0) is 9.53 Å². The summed E-state index contributed by atoms with van der Waals surface area (Å²) in [5.41, 5.74) is 2.51. The van der Waals surface area contributed by atoms with E-state index in [0.29, 0.717) is 16.6 Å². The Morgan fingerprint density at radius 1 is 1.03 bits per heavy atom. The summed E-state index contributed by atoms with van der Waals surface area (Å²) < 4.78 is 4.96. The van der Waals surface area contributed by atoms with Crippen molar-refractivity contribution in [2.75, 3.05) is 11.9 Å². The normalized spacial score (nSPS) is 10.4. The number of benzene rings is 2. The molecule has 3 rings (SSSR count). The van der Waals surface area contributed by atoms with Crippen LogP contribution in [-0.4, -0.2) is 29.5 Å². The van der Waals surface area contributed by atoms with Gasteiger partial charge in [-0.25, -0.2) is 9.59 Å². The molecule has 3 N–H and O–H groups in total. The van der Waals surface area contributed by atoms with Crippen molar-refractivity contribution in [2.24, 2.45) is 0 Å². The number of amides is 3. The van der Waals surface area contributed by atoms with Gasteiger partial charge in [-0.15, -0.1) is 0 Å². The smallest absolute Gasteiger partial charge is 0.339 e. The molecule has 3 aromatic rings. The molecule has 148 valence electrons. The second-order valence-electron chi connectivity index (χ2n) is 6.49. The van der Waals surface area contributed by atoms with Crippen LogP contribution in [0.3, 0.4) is 0 Å². The Morgan fingerprint density at radius 2 is 1.79 bits per heavy atom. The zero-order valence-corrected chi connectivity index (χ0v) is 15.9. The van der Waals surface area contributed by atoms with Crippen molar-refractivity contribution < 1.29 is 19.1 Å². The second kappa shape index (κ2) is 8.39. The van der Waals surface area contributed by atoms with E-state index >= 15 is 0 Å². The van der Waals surface area contributed by atoms with E-state index in [0.717, 1.165) is 17.2 Å². The maximum atomic E-state index is 12.3. The van der Waals surface area contributed by atoms with E-state index in [9.17, 15) is 19.2 Å². The number of carbonyl (C=O) groups excluding carboxylic acids is 3. The van der Waals surface area contributed by atoms with E-state index in [1.165, 1.54) is 0 Å². The summed E-state index contributed by atoms with van der Waals surface area (Å²) in [6.45, 7) is 3.09. The monoisotopic (exact) mass is 393 g/mol. The standard InChI is InChI=1S/C21H19N3O5/c1-12-7-8-16(13(2)9-12)23-21(28)24-19(26)11-29-20(27)15-10-18(25)22-17-6-4-3-5-14(15)17/h3-10H,11H2,1-2H3,(H,22,25)(H2,23,24,26,28). The molecule has 0 bridgehead atoms. The number of aromatic amines is 1. The molecular weight excluding hydrogens is 374 g/mol. The van der Waals surface area contributed by atoms with E-state index in [1.807, 2.05) is 26.0 Å². The number of H-pyrrole nitrogens is 1. The highest BCUT2D eigenvalue weighted by Crippen LogP contribution is 2.16. The fraction of sp³-hybridized carbons (Fsp3) is 0.143. The highest BCUT2D eigenvalue weighted by atomic mass is 16.5. The number of hydrogen-bond donors (Lipinski definition) is 3. The fourth-order valence-corrected chi connectivity index (χ4v) is 2.85. The molecule has 8 heteroatoms. The lowest BCUT2D eigenvalue weighted by Gasteiger charge is -2.10. The largest absolute Gasteiger partial charge is 0.452 e. The first-order valence-electron chi connectivity index (χ1n) is 8.81. The predicted molar refractivity (Wildman–Crippen MR) is 108 cm³/mol. The molecular formula is C21H19N3O5. The first-order valence-corrected chi connectivity index (χ1v) is 8.81. The number of pyridine rings is 1. The minimum Gasteiger partial charge on any atom is -0.452 e. The molecule has 0 radical (unpaired) electrons. The third-order valence-electron chi connectivity index (χ3n) is 4.19. The Kier molecular flexibility index (Phi) is 5.73. The third kappa shape index (κ3) is 4.86. The van der Waals surface area contributed by atoms with Crippen LogP contribution in [0, 0.1) is 13.8 Å². The van der Waals surface area contributed by atoms with Gasteiger partial charge in [0, 0.05) is 22.7 Å². The number of ether oxygens (including phenoxy) is 1. The number of carbonyl (C=O) groups is 3. The number of rotatable bonds is 4. The molecule has 0 fully saturated rings. The molecule has 0 aliphatic carbocycles. The lowest BCUT2D eigenvalue weighted by Crippen LogP contribution is -2.37. The van der Waals surface area contributed by atoms with Gasteiger partial charge < -0.3 is 15.0 Å². The van der Waals surface area contributed by atoms with Gasteiger partial charge in [0.1, 0.15) is 0 Å². The summed E-state index contributed by atoms with van der Waals surface area (Å²) in [6.07, 6.45) is 0. The average Bonchev–Trinajstić information content (AvgIpc) is 2.67. The van der Waals surface area contributed by atoms with Gasteiger partial charge in [0.15, 0.2) is 6.61 Å². The zero-order chi connectivity index (χ0) is 21.0. The number of hydrogen-bond acceptors (Lipinski definition) is 5.